The van der Waals surface area contributed by atoms with Gasteiger partial charge in [-0.05, 0) is 31.5 Å². The molecule has 3 unspecified atom stereocenters. The molecule has 5 rings (SSSR count). The molecule has 2 aromatic rings. The van der Waals surface area contributed by atoms with Gasteiger partial charge in [-0.3, -0.25) is 4.90 Å². The minimum Gasteiger partial charge on any atom is -0.474 e. The highest BCUT2D eigenvalue weighted by Crippen LogP contribution is 2.52. The molecule has 2 bridgehead atoms. The third-order valence-electron chi connectivity index (χ3n) is 6.96. The molecular weight excluding hydrogens is 503 g/mol. The van der Waals surface area contributed by atoms with Crippen LogP contribution in [0.4, 0.5) is 38.3 Å². The molecule has 2 aliphatic heterocycles. The smallest absolute Gasteiger partial charge is 0.410 e. The Kier molecular flexibility index (Phi) is 6.37. The number of hydrogen-bond donors (Lipinski definition) is 1. The van der Waals surface area contributed by atoms with Gasteiger partial charge in [0, 0.05) is 12.8 Å². The number of carbonyl (C=O) groups is 1. The van der Waals surface area contributed by atoms with Crippen molar-refractivity contribution in [3.05, 3.63) is 41.5 Å². The van der Waals surface area contributed by atoms with Gasteiger partial charge in [0.25, 0.3) is 0 Å². The Balaban J connectivity index is 1.25. The molecule has 0 radical (unpaired) electrons. The van der Waals surface area contributed by atoms with Gasteiger partial charge in [-0.25, -0.2) is 19.2 Å². The number of carbonyl (C=O) groups excluding carboxylic acids is 1. The lowest BCUT2D eigenvalue weighted by molar-refractivity contribution is -0.331. The molecule has 1 saturated carbocycles. The van der Waals surface area contributed by atoms with Crippen molar-refractivity contribution < 1.29 is 41.0 Å². The lowest BCUT2D eigenvalue weighted by Gasteiger charge is -2.49. The van der Waals surface area contributed by atoms with Gasteiger partial charge in [0.05, 0.1) is 43.0 Å². The SMILES string of the molecule is Cc1ccc(Nc2ncnc(OC3CC4COCC(C3)N4C(=O)OC3CC(F)(F)C3(F)F)c2C)c(F)c1. The number of hydrogen-bond acceptors (Lipinski definition) is 7. The van der Waals surface area contributed by atoms with E-state index in [-0.39, 0.29) is 37.6 Å². The van der Waals surface area contributed by atoms with Gasteiger partial charge in [-0.1, -0.05) is 6.07 Å². The van der Waals surface area contributed by atoms with E-state index in [0.717, 1.165) is 5.56 Å². The van der Waals surface area contributed by atoms with Gasteiger partial charge >= 0.3 is 17.9 Å². The van der Waals surface area contributed by atoms with E-state index in [1.807, 2.05) is 0 Å². The predicted octanol–water partition coefficient (Wildman–Crippen LogP) is 4.77. The summed E-state index contributed by atoms with van der Waals surface area (Å²) in [5.41, 5.74) is 1.56. The van der Waals surface area contributed by atoms with Crippen LogP contribution in [0.2, 0.25) is 0 Å². The van der Waals surface area contributed by atoms with Gasteiger partial charge in [-0.15, -0.1) is 0 Å². The van der Waals surface area contributed by atoms with Crippen LogP contribution in [0.5, 0.6) is 5.88 Å². The summed E-state index contributed by atoms with van der Waals surface area (Å²) in [4.78, 5) is 22.3. The maximum Gasteiger partial charge on any atom is 0.410 e. The van der Waals surface area contributed by atoms with Crippen molar-refractivity contribution in [3.63, 3.8) is 0 Å². The molecule has 3 fully saturated rings. The highest BCUT2D eigenvalue weighted by molar-refractivity contribution is 5.69. The summed E-state index contributed by atoms with van der Waals surface area (Å²) in [5.74, 6) is -8.40. The molecule has 0 spiro atoms. The Morgan fingerprint density at radius 2 is 1.84 bits per heavy atom. The maximum absolute atomic E-state index is 14.3. The largest absolute Gasteiger partial charge is 0.474 e. The van der Waals surface area contributed by atoms with Crippen molar-refractivity contribution in [1.29, 1.82) is 0 Å². The first-order valence-electron chi connectivity index (χ1n) is 11.8. The summed E-state index contributed by atoms with van der Waals surface area (Å²) in [7, 11) is 0. The fraction of sp³-hybridized carbons (Fsp3) is 0.542. The monoisotopic (exact) mass is 528 g/mol. The van der Waals surface area contributed by atoms with Crippen molar-refractivity contribution >= 4 is 17.6 Å². The fourth-order valence-corrected chi connectivity index (χ4v) is 4.85. The molecule has 1 aromatic carbocycles. The summed E-state index contributed by atoms with van der Waals surface area (Å²) in [6.07, 6.45) is -3.02. The number of alkyl halides is 4. The molecule has 1 aromatic heterocycles. The first-order valence-corrected chi connectivity index (χ1v) is 11.8. The van der Waals surface area contributed by atoms with Gasteiger partial charge < -0.3 is 19.5 Å². The van der Waals surface area contributed by atoms with E-state index in [2.05, 4.69) is 15.3 Å². The van der Waals surface area contributed by atoms with Crippen LogP contribution in [0.1, 0.15) is 30.4 Å². The highest BCUT2D eigenvalue weighted by Gasteiger charge is 2.74. The molecule has 200 valence electrons. The summed E-state index contributed by atoms with van der Waals surface area (Å²) < 4.78 is 84.2. The Bertz CT molecular complexity index is 1190. The van der Waals surface area contributed by atoms with Crippen LogP contribution in [-0.4, -0.2) is 70.3 Å². The number of benzene rings is 1. The normalized spacial score (nSPS) is 27.7. The Morgan fingerprint density at radius 3 is 2.46 bits per heavy atom. The van der Waals surface area contributed by atoms with E-state index in [9.17, 15) is 26.7 Å². The van der Waals surface area contributed by atoms with Crippen LogP contribution in [0.3, 0.4) is 0 Å². The zero-order chi connectivity index (χ0) is 26.5. The van der Waals surface area contributed by atoms with Gasteiger partial charge in [0.15, 0.2) is 6.10 Å². The molecule has 1 amide bonds. The van der Waals surface area contributed by atoms with E-state index < -0.39 is 54.5 Å². The quantitative estimate of drug-likeness (QED) is 0.560. The molecule has 3 aliphatic rings. The number of aromatic nitrogens is 2. The molecular formula is C24H25F5N4O4. The summed E-state index contributed by atoms with van der Waals surface area (Å²) in [5, 5.41) is 2.94. The topological polar surface area (TPSA) is 85.8 Å². The Morgan fingerprint density at radius 1 is 1.14 bits per heavy atom. The second kappa shape index (κ2) is 9.26. The number of morpholine rings is 1. The van der Waals surface area contributed by atoms with Crippen molar-refractivity contribution in [2.75, 3.05) is 18.5 Å². The number of rotatable bonds is 5. The lowest BCUT2D eigenvalue weighted by atomic mass is 9.85. The maximum atomic E-state index is 14.3. The zero-order valence-corrected chi connectivity index (χ0v) is 20.0. The summed E-state index contributed by atoms with van der Waals surface area (Å²) in [6.45, 7) is 3.73. The number of nitrogens with one attached hydrogen (secondary N) is 1. The van der Waals surface area contributed by atoms with Crippen LogP contribution in [0.25, 0.3) is 0 Å². The van der Waals surface area contributed by atoms with Crippen LogP contribution in [0, 0.1) is 19.7 Å². The van der Waals surface area contributed by atoms with E-state index in [0.29, 0.717) is 11.4 Å². The molecule has 1 N–H and O–H groups in total. The first-order chi connectivity index (χ1) is 17.5. The number of piperidine rings is 1. The highest BCUT2D eigenvalue weighted by atomic mass is 19.3. The molecule has 1 aliphatic carbocycles. The van der Waals surface area contributed by atoms with Gasteiger partial charge in [-0.2, -0.15) is 17.6 Å². The number of amides is 1. The van der Waals surface area contributed by atoms with Crippen LogP contribution in [-0.2, 0) is 9.47 Å². The van der Waals surface area contributed by atoms with E-state index in [1.54, 1.807) is 26.0 Å². The van der Waals surface area contributed by atoms with E-state index in [4.69, 9.17) is 14.2 Å². The second-order valence-corrected chi connectivity index (χ2v) is 9.63. The molecule has 2 saturated heterocycles. The molecule has 3 heterocycles. The van der Waals surface area contributed by atoms with Crippen molar-refractivity contribution in [3.8, 4) is 5.88 Å². The van der Waals surface area contributed by atoms with Crippen LogP contribution >= 0.6 is 0 Å². The van der Waals surface area contributed by atoms with Gasteiger partial charge in [0.2, 0.25) is 5.88 Å². The van der Waals surface area contributed by atoms with E-state index >= 15 is 0 Å². The first kappa shape index (κ1) is 25.4. The van der Waals surface area contributed by atoms with Crippen molar-refractivity contribution in [1.82, 2.24) is 14.9 Å². The average Bonchev–Trinajstić information content (AvgIpc) is 2.82. The lowest BCUT2D eigenvalue weighted by Crippen LogP contribution is -2.66. The molecule has 8 nitrogen and oxygen atoms in total. The molecule has 3 atom stereocenters. The number of halogens is 5. The van der Waals surface area contributed by atoms with Gasteiger partial charge in [0.1, 0.15) is 24.1 Å². The van der Waals surface area contributed by atoms with Crippen molar-refractivity contribution in [2.45, 2.75) is 69.2 Å². The standard InChI is InChI=1S/C24H25F5N4O4/c1-12-3-4-18(17(25)5-12)32-20-13(2)21(31-11-30-20)36-16-6-14-9-35-10-15(7-16)33(14)22(34)37-19-8-23(26,27)24(19,28)29/h3-5,11,14-16,19H,6-10H2,1-2H3,(H,30,31,32). The Hall–Kier alpha value is -3.22. The fourth-order valence-electron chi connectivity index (χ4n) is 4.85. The van der Waals surface area contributed by atoms with Crippen molar-refractivity contribution in [2.24, 2.45) is 0 Å². The number of anilines is 2. The predicted molar refractivity (Wildman–Crippen MR) is 120 cm³/mol. The number of fused-ring (bicyclic) bond motifs is 2. The number of aryl methyl sites for hydroxylation is 1. The minimum atomic E-state index is -4.40. The minimum absolute atomic E-state index is 0.116. The average molecular weight is 528 g/mol. The third-order valence-corrected chi connectivity index (χ3v) is 6.96. The molecule has 13 heteroatoms. The number of ether oxygens (including phenoxy) is 3. The Labute approximate surface area is 209 Å². The van der Waals surface area contributed by atoms with Crippen LogP contribution < -0.4 is 10.1 Å². The molecule has 37 heavy (non-hydrogen) atoms. The van der Waals surface area contributed by atoms with E-state index in [1.165, 1.54) is 17.3 Å². The second-order valence-electron chi connectivity index (χ2n) is 9.63. The summed E-state index contributed by atoms with van der Waals surface area (Å²) >= 11 is 0. The summed E-state index contributed by atoms with van der Waals surface area (Å²) in [6, 6.07) is 3.65. The zero-order valence-electron chi connectivity index (χ0n) is 20.0. The van der Waals surface area contributed by atoms with Crippen LogP contribution in [0.15, 0.2) is 24.5 Å². The number of nitrogens with zero attached hydrogens (tertiary/aromatic N) is 3. The third kappa shape index (κ3) is 4.64.